The SMILES string of the molecule is Cc1cc(N[C@H](C)c2cccc(C(F)(F)F)c2C)c2cc(N3CCOCC3)ccc2n1. The standard InChI is InChI=1S/C24H26F3N3O/c1-15-13-23(29-17(3)19-5-4-6-21(16(19)2)24(25,26)27)20-14-18(7-8-22(20)28-15)30-9-11-31-12-10-30/h4-8,13-14,17H,9-12H2,1-3H3,(H,28,29)/t17-/m1/s1. The smallest absolute Gasteiger partial charge is 0.378 e. The van der Waals surface area contributed by atoms with E-state index in [0.717, 1.165) is 47.1 Å². The van der Waals surface area contributed by atoms with Gasteiger partial charge in [0.1, 0.15) is 0 Å². The molecule has 1 aliphatic rings. The van der Waals surface area contributed by atoms with Gasteiger partial charge in [0.05, 0.1) is 24.3 Å². The first-order valence-electron chi connectivity index (χ1n) is 10.4. The highest BCUT2D eigenvalue weighted by atomic mass is 19.4. The number of aryl methyl sites for hydroxylation is 1. The number of hydrogen-bond donors (Lipinski definition) is 1. The second kappa shape index (κ2) is 8.38. The van der Waals surface area contributed by atoms with Crippen LogP contribution in [0, 0.1) is 13.8 Å². The molecule has 7 heteroatoms. The van der Waals surface area contributed by atoms with E-state index in [1.807, 2.05) is 26.0 Å². The first-order valence-corrected chi connectivity index (χ1v) is 10.4. The zero-order chi connectivity index (χ0) is 22.2. The summed E-state index contributed by atoms with van der Waals surface area (Å²) in [4.78, 5) is 6.91. The van der Waals surface area contributed by atoms with Crippen LogP contribution in [0.25, 0.3) is 10.9 Å². The van der Waals surface area contributed by atoms with Gasteiger partial charge in [-0.25, -0.2) is 0 Å². The van der Waals surface area contributed by atoms with Gasteiger partial charge in [0.15, 0.2) is 0 Å². The molecule has 1 N–H and O–H groups in total. The Labute approximate surface area is 180 Å². The van der Waals surface area contributed by atoms with Gasteiger partial charge < -0.3 is 15.0 Å². The average Bonchev–Trinajstić information content (AvgIpc) is 2.73. The lowest BCUT2D eigenvalue weighted by atomic mass is 9.97. The number of rotatable bonds is 4. The summed E-state index contributed by atoms with van der Waals surface area (Å²) in [6.07, 6.45) is -4.37. The second-order valence-electron chi connectivity index (χ2n) is 8.00. The Balaban J connectivity index is 1.70. The number of anilines is 2. The molecule has 0 spiro atoms. The number of hydrogen-bond acceptors (Lipinski definition) is 4. The van der Waals surface area contributed by atoms with Gasteiger partial charge in [-0.1, -0.05) is 12.1 Å². The Morgan fingerprint density at radius 3 is 2.52 bits per heavy atom. The maximum atomic E-state index is 13.4. The molecular formula is C24H26F3N3O. The Kier molecular flexibility index (Phi) is 5.79. The molecule has 2 aromatic carbocycles. The molecule has 1 aliphatic heterocycles. The summed E-state index contributed by atoms with van der Waals surface area (Å²) in [7, 11) is 0. The average molecular weight is 429 g/mol. The van der Waals surface area contributed by atoms with Crippen LogP contribution in [0.4, 0.5) is 24.5 Å². The van der Waals surface area contributed by atoms with E-state index < -0.39 is 11.7 Å². The zero-order valence-corrected chi connectivity index (χ0v) is 17.9. The van der Waals surface area contributed by atoms with E-state index in [1.54, 1.807) is 6.07 Å². The number of nitrogens with one attached hydrogen (secondary N) is 1. The van der Waals surface area contributed by atoms with Gasteiger partial charge in [-0.2, -0.15) is 13.2 Å². The summed E-state index contributed by atoms with van der Waals surface area (Å²) in [5, 5.41) is 4.39. The van der Waals surface area contributed by atoms with Gasteiger partial charge in [-0.15, -0.1) is 0 Å². The van der Waals surface area contributed by atoms with E-state index in [1.165, 1.54) is 13.0 Å². The molecule has 1 fully saturated rings. The van der Waals surface area contributed by atoms with Crippen molar-refractivity contribution in [3.63, 3.8) is 0 Å². The molecule has 164 valence electrons. The summed E-state index contributed by atoms with van der Waals surface area (Å²) < 4.78 is 45.5. The number of ether oxygens (including phenoxy) is 1. The minimum atomic E-state index is -4.37. The third-order valence-corrected chi connectivity index (χ3v) is 5.82. The van der Waals surface area contributed by atoms with E-state index in [0.29, 0.717) is 18.8 Å². The lowest BCUT2D eigenvalue weighted by molar-refractivity contribution is -0.138. The second-order valence-corrected chi connectivity index (χ2v) is 8.00. The molecular weight excluding hydrogens is 403 g/mol. The third-order valence-electron chi connectivity index (χ3n) is 5.82. The molecule has 0 saturated carbocycles. The number of morpholine rings is 1. The number of nitrogens with zero attached hydrogens (tertiary/aromatic N) is 2. The minimum absolute atomic E-state index is 0.249. The number of halogens is 3. The molecule has 1 atom stereocenters. The summed E-state index contributed by atoms with van der Waals surface area (Å²) in [6.45, 7) is 8.38. The molecule has 3 aromatic rings. The van der Waals surface area contributed by atoms with Crippen molar-refractivity contribution in [1.82, 2.24) is 4.98 Å². The van der Waals surface area contributed by atoms with Gasteiger partial charge in [-0.3, -0.25) is 4.98 Å². The van der Waals surface area contributed by atoms with Crippen molar-refractivity contribution < 1.29 is 17.9 Å². The van der Waals surface area contributed by atoms with Crippen LogP contribution in [0.5, 0.6) is 0 Å². The van der Waals surface area contributed by atoms with Gasteiger partial charge in [-0.05, 0) is 62.2 Å². The fourth-order valence-corrected chi connectivity index (χ4v) is 4.22. The number of alkyl halides is 3. The quantitative estimate of drug-likeness (QED) is 0.562. The van der Waals surface area contributed by atoms with Gasteiger partial charge in [0.2, 0.25) is 0 Å². The number of benzene rings is 2. The van der Waals surface area contributed by atoms with Crippen molar-refractivity contribution in [2.45, 2.75) is 33.0 Å². The number of pyridine rings is 1. The van der Waals surface area contributed by atoms with Crippen LogP contribution < -0.4 is 10.2 Å². The highest BCUT2D eigenvalue weighted by molar-refractivity contribution is 5.94. The number of aromatic nitrogens is 1. The summed E-state index contributed by atoms with van der Waals surface area (Å²) >= 11 is 0. The topological polar surface area (TPSA) is 37.4 Å². The first-order chi connectivity index (χ1) is 14.7. The van der Waals surface area contributed by atoms with Crippen molar-refractivity contribution >= 4 is 22.3 Å². The molecule has 2 heterocycles. The molecule has 0 unspecified atom stereocenters. The summed E-state index contributed by atoms with van der Waals surface area (Å²) in [5.41, 5.74) is 3.94. The zero-order valence-electron chi connectivity index (χ0n) is 17.9. The van der Waals surface area contributed by atoms with Gasteiger partial charge in [0, 0.05) is 41.6 Å². The fraction of sp³-hybridized carbons (Fsp3) is 0.375. The van der Waals surface area contributed by atoms with Gasteiger partial charge >= 0.3 is 6.18 Å². The molecule has 4 nitrogen and oxygen atoms in total. The van der Waals surface area contributed by atoms with Crippen molar-refractivity contribution in [2.75, 3.05) is 36.5 Å². The largest absolute Gasteiger partial charge is 0.416 e. The van der Waals surface area contributed by atoms with Gasteiger partial charge in [0.25, 0.3) is 0 Å². The van der Waals surface area contributed by atoms with Crippen LogP contribution in [0.2, 0.25) is 0 Å². The van der Waals surface area contributed by atoms with Crippen molar-refractivity contribution in [1.29, 1.82) is 0 Å². The van der Waals surface area contributed by atoms with E-state index in [4.69, 9.17) is 4.74 Å². The molecule has 0 radical (unpaired) electrons. The van der Waals surface area contributed by atoms with Crippen LogP contribution in [0.3, 0.4) is 0 Å². The lowest BCUT2D eigenvalue weighted by Gasteiger charge is -2.29. The van der Waals surface area contributed by atoms with Crippen LogP contribution in [-0.4, -0.2) is 31.3 Å². The third kappa shape index (κ3) is 4.46. The lowest BCUT2D eigenvalue weighted by Crippen LogP contribution is -2.36. The molecule has 31 heavy (non-hydrogen) atoms. The van der Waals surface area contributed by atoms with Crippen molar-refractivity contribution in [3.05, 3.63) is 64.8 Å². The van der Waals surface area contributed by atoms with Crippen LogP contribution >= 0.6 is 0 Å². The van der Waals surface area contributed by atoms with E-state index in [2.05, 4.69) is 27.3 Å². The first kappa shape index (κ1) is 21.4. The predicted molar refractivity (Wildman–Crippen MR) is 118 cm³/mol. The van der Waals surface area contributed by atoms with Crippen LogP contribution in [0.15, 0.2) is 42.5 Å². The van der Waals surface area contributed by atoms with Crippen LogP contribution in [-0.2, 0) is 10.9 Å². The minimum Gasteiger partial charge on any atom is -0.378 e. The molecule has 1 saturated heterocycles. The van der Waals surface area contributed by atoms with E-state index >= 15 is 0 Å². The summed E-state index contributed by atoms with van der Waals surface area (Å²) in [5.74, 6) is 0. The Bertz CT molecular complexity index is 1090. The predicted octanol–water partition coefficient (Wildman–Crippen LogP) is 5.88. The Morgan fingerprint density at radius 1 is 1.06 bits per heavy atom. The maximum Gasteiger partial charge on any atom is 0.416 e. The molecule has 0 aliphatic carbocycles. The van der Waals surface area contributed by atoms with E-state index in [9.17, 15) is 13.2 Å². The maximum absolute atomic E-state index is 13.4. The number of fused-ring (bicyclic) bond motifs is 1. The fourth-order valence-electron chi connectivity index (χ4n) is 4.22. The highest BCUT2D eigenvalue weighted by Crippen LogP contribution is 2.36. The Hall–Kier alpha value is -2.80. The molecule has 0 bridgehead atoms. The molecule has 4 rings (SSSR count). The molecule has 0 amide bonds. The monoisotopic (exact) mass is 429 g/mol. The van der Waals surface area contributed by atoms with E-state index in [-0.39, 0.29) is 11.6 Å². The highest BCUT2D eigenvalue weighted by Gasteiger charge is 2.33. The summed E-state index contributed by atoms with van der Waals surface area (Å²) in [6, 6.07) is 12.1. The van der Waals surface area contributed by atoms with Crippen LogP contribution in [0.1, 0.15) is 35.3 Å². The van der Waals surface area contributed by atoms with Crippen molar-refractivity contribution in [3.8, 4) is 0 Å². The van der Waals surface area contributed by atoms with Crippen molar-refractivity contribution in [2.24, 2.45) is 0 Å². The Morgan fingerprint density at radius 2 is 1.81 bits per heavy atom. The molecule has 1 aromatic heterocycles. The normalized spacial score (nSPS) is 15.9.